The molecule has 0 aromatic heterocycles. The fraction of sp³-hybridized carbons (Fsp3) is 0.538. The maximum atomic E-state index is 5.88. The van der Waals surface area contributed by atoms with Crippen LogP contribution in [0.2, 0.25) is 0 Å². The summed E-state index contributed by atoms with van der Waals surface area (Å²) >= 11 is 3.65. The highest BCUT2D eigenvalue weighted by molar-refractivity contribution is 9.10. The van der Waals surface area contributed by atoms with Crippen LogP contribution in [0, 0.1) is 0 Å². The van der Waals surface area contributed by atoms with E-state index < -0.39 is 0 Å². The summed E-state index contributed by atoms with van der Waals surface area (Å²) in [5, 5.41) is 0. The van der Waals surface area contributed by atoms with Gasteiger partial charge in [0.1, 0.15) is 0 Å². The predicted octanol–water partition coefficient (Wildman–Crippen LogP) is 3.58. The first-order chi connectivity index (χ1) is 7.72. The van der Waals surface area contributed by atoms with Crippen LogP contribution in [0.5, 0.6) is 0 Å². The number of benzene rings is 1. The van der Waals surface area contributed by atoms with Crippen molar-refractivity contribution in [2.45, 2.75) is 32.6 Å². The van der Waals surface area contributed by atoms with Gasteiger partial charge in [-0.05, 0) is 59.3 Å². The van der Waals surface area contributed by atoms with E-state index in [1.54, 1.807) is 0 Å². The summed E-state index contributed by atoms with van der Waals surface area (Å²) in [6, 6.07) is 4.12. The van der Waals surface area contributed by atoms with E-state index in [0.29, 0.717) is 0 Å². The largest absolute Gasteiger partial charge is 0.399 e. The van der Waals surface area contributed by atoms with Crippen LogP contribution in [0.15, 0.2) is 16.6 Å². The standard InChI is InChI=1S/C13H19BrN2/c1-2-10-8-11(15)9-12(14)13(10)16-6-4-3-5-7-16/h8-9H,2-7,15H2,1H3. The van der Waals surface area contributed by atoms with Gasteiger partial charge in [0.05, 0.1) is 5.69 Å². The number of hydrogen-bond acceptors (Lipinski definition) is 2. The highest BCUT2D eigenvalue weighted by atomic mass is 79.9. The van der Waals surface area contributed by atoms with E-state index in [9.17, 15) is 0 Å². The first-order valence-electron chi connectivity index (χ1n) is 6.05. The van der Waals surface area contributed by atoms with Crippen LogP contribution in [-0.4, -0.2) is 13.1 Å². The van der Waals surface area contributed by atoms with Gasteiger partial charge < -0.3 is 10.6 Å². The number of nitrogen functional groups attached to an aromatic ring is 1. The SMILES string of the molecule is CCc1cc(N)cc(Br)c1N1CCCCC1. The first-order valence-corrected chi connectivity index (χ1v) is 6.84. The number of hydrogen-bond donors (Lipinski definition) is 1. The van der Waals surface area contributed by atoms with Crippen molar-refractivity contribution >= 4 is 27.3 Å². The number of halogens is 1. The second kappa shape index (κ2) is 5.09. The monoisotopic (exact) mass is 282 g/mol. The summed E-state index contributed by atoms with van der Waals surface area (Å²) in [5.41, 5.74) is 9.45. The average Bonchev–Trinajstić information content (AvgIpc) is 2.29. The number of anilines is 2. The molecule has 2 N–H and O–H groups in total. The van der Waals surface area contributed by atoms with Crippen LogP contribution in [0.4, 0.5) is 11.4 Å². The molecule has 2 rings (SSSR count). The molecule has 0 aliphatic carbocycles. The zero-order valence-corrected chi connectivity index (χ0v) is 11.4. The first kappa shape index (κ1) is 11.8. The van der Waals surface area contributed by atoms with Gasteiger partial charge in [-0.15, -0.1) is 0 Å². The van der Waals surface area contributed by atoms with E-state index in [4.69, 9.17) is 5.73 Å². The van der Waals surface area contributed by atoms with E-state index in [2.05, 4.69) is 33.8 Å². The van der Waals surface area contributed by atoms with Gasteiger partial charge in [-0.3, -0.25) is 0 Å². The van der Waals surface area contributed by atoms with Crippen LogP contribution in [0.1, 0.15) is 31.7 Å². The normalized spacial score (nSPS) is 16.5. The molecule has 1 aliphatic heterocycles. The van der Waals surface area contributed by atoms with Crippen LogP contribution in [-0.2, 0) is 6.42 Å². The average molecular weight is 283 g/mol. The zero-order chi connectivity index (χ0) is 11.5. The highest BCUT2D eigenvalue weighted by Gasteiger charge is 2.17. The number of piperidine rings is 1. The van der Waals surface area contributed by atoms with Crippen molar-refractivity contribution in [1.82, 2.24) is 0 Å². The fourth-order valence-corrected chi connectivity index (χ4v) is 3.19. The Kier molecular flexibility index (Phi) is 3.74. The molecule has 88 valence electrons. The lowest BCUT2D eigenvalue weighted by molar-refractivity contribution is 0.576. The van der Waals surface area contributed by atoms with Crippen LogP contribution >= 0.6 is 15.9 Å². The summed E-state index contributed by atoms with van der Waals surface area (Å²) in [6.07, 6.45) is 5.01. The van der Waals surface area contributed by atoms with Gasteiger partial charge in [0.2, 0.25) is 0 Å². The van der Waals surface area contributed by atoms with Gasteiger partial charge in [0.25, 0.3) is 0 Å². The molecule has 2 nitrogen and oxygen atoms in total. The van der Waals surface area contributed by atoms with Crippen molar-refractivity contribution in [2.24, 2.45) is 0 Å². The number of aryl methyl sites for hydroxylation is 1. The molecule has 3 heteroatoms. The molecule has 1 aromatic rings. The van der Waals surface area contributed by atoms with E-state index in [0.717, 1.165) is 16.6 Å². The third-order valence-electron chi connectivity index (χ3n) is 3.22. The van der Waals surface area contributed by atoms with Gasteiger partial charge in [-0.25, -0.2) is 0 Å². The van der Waals surface area contributed by atoms with E-state index in [-0.39, 0.29) is 0 Å². The fourth-order valence-electron chi connectivity index (χ4n) is 2.42. The Morgan fingerprint density at radius 2 is 1.94 bits per heavy atom. The van der Waals surface area contributed by atoms with Crippen molar-refractivity contribution in [3.05, 3.63) is 22.2 Å². The number of nitrogens with two attached hydrogens (primary N) is 1. The van der Waals surface area contributed by atoms with Gasteiger partial charge >= 0.3 is 0 Å². The van der Waals surface area contributed by atoms with Crippen molar-refractivity contribution in [3.8, 4) is 0 Å². The molecule has 1 aliphatic rings. The van der Waals surface area contributed by atoms with Crippen molar-refractivity contribution in [3.63, 3.8) is 0 Å². The molecule has 16 heavy (non-hydrogen) atoms. The molecule has 0 unspecified atom stereocenters. The zero-order valence-electron chi connectivity index (χ0n) is 9.80. The minimum Gasteiger partial charge on any atom is -0.399 e. The molecular formula is C13H19BrN2. The maximum Gasteiger partial charge on any atom is 0.0544 e. The number of rotatable bonds is 2. The molecule has 0 atom stereocenters. The Morgan fingerprint density at radius 3 is 2.56 bits per heavy atom. The Morgan fingerprint density at radius 1 is 1.25 bits per heavy atom. The van der Waals surface area contributed by atoms with Gasteiger partial charge in [-0.1, -0.05) is 6.92 Å². The third kappa shape index (κ3) is 2.34. The van der Waals surface area contributed by atoms with Gasteiger partial charge in [0, 0.05) is 23.2 Å². The minimum atomic E-state index is 0.851. The van der Waals surface area contributed by atoms with Crippen molar-refractivity contribution in [2.75, 3.05) is 23.7 Å². The highest BCUT2D eigenvalue weighted by Crippen LogP contribution is 2.34. The van der Waals surface area contributed by atoms with Crippen LogP contribution < -0.4 is 10.6 Å². The second-order valence-corrected chi connectivity index (χ2v) is 5.27. The summed E-state index contributed by atoms with van der Waals surface area (Å²) in [4.78, 5) is 2.49. The Bertz CT molecular complexity index is 370. The lowest BCUT2D eigenvalue weighted by atomic mass is 10.0. The van der Waals surface area contributed by atoms with Crippen LogP contribution in [0.25, 0.3) is 0 Å². The Labute approximate surface area is 106 Å². The summed E-state index contributed by atoms with van der Waals surface area (Å²) in [6.45, 7) is 4.54. The second-order valence-electron chi connectivity index (χ2n) is 4.41. The smallest absolute Gasteiger partial charge is 0.0544 e. The topological polar surface area (TPSA) is 29.3 Å². The molecule has 0 radical (unpaired) electrons. The van der Waals surface area contributed by atoms with E-state index in [1.807, 2.05) is 6.07 Å². The third-order valence-corrected chi connectivity index (χ3v) is 3.82. The molecule has 0 amide bonds. The van der Waals surface area contributed by atoms with E-state index >= 15 is 0 Å². The molecule has 1 saturated heterocycles. The molecule has 0 saturated carbocycles. The quantitative estimate of drug-likeness (QED) is 0.840. The Balaban J connectivity index is 2.37. The molecular weight excluding hydrogens is 264 g/mol. The lowest BCUT2D eigenvalue weighted by Gasteiger charge is -2.31. The number of nitrogens with zero attached hydrogens (tertiary/aromatic N) is 1. The summed E-state index contributed by atoms with van der Waals surface area (Å²) in [5.74, 6) is 0. The maximum absolute atomic E-state index is 5.88. The van der Waals surface area contributed by atoms with Crippen molar-refractivity contribution < 1.29 is 0 Å². The molecule has 0 spiro atoms. The van der Waals surface area contributed by atoms with Crippen molar-refractivity contribution in [1.29, 1.82) is 0 Å². The molecule has 0 bridgehead atoms. The van der Waals surface area contributed by atoms with Gasteiger partial charge in [-0.2, -0.15) is 0 Å². The molecule has 1 aromatic carbocycles. The summed E-state index contributed by atoms with van der Waals surface area (Å²) in [7, 11) is 0. The Hall–Kier alpha value is -0.700. The van der Waals surface area contributed by atoms with Crippen LogP contribution in [0.3, 0.4) is 0 Å². The lowest BCUT2D eigenvalue weighted by Crippen LogP contribution is -2.30. The van der Waals surface area contributed by atoms with Gasteiger partial charge in [0.15, 0.2) is 0 Å². The van der Waals surface area contributed by atoms with E-state index in [1.165, 1.54) is 43.6 Å². The summed E-state index contributed by atoms with van der Waals surface area (Å²) < 4.78 is 1.14. The molecule has 1 heterocycles. The molecule has 1 fully saturated rings. The predicted molar refractivity (Wildman–Crippen MR) is 74.0 cm³/mol. The minimum absolute atomic E-state index is 0.851.